The van der Waals surface area contributed by atoms with Crippen molar-refractivity contribution in [1.29, 1.82) is 0 Å². The molecule has 20 heavy (non-hydrogen) atoms. The zero-order chi connectivity index (χ0) is 15.4. The van der Waals surface area contributed by atoms with Crippen LogP contribution in [0.5, 0.6) is 0 Å². The van der Waals surface area contributed by atoms with Gasteiger partial charge in [0.15, 0.2) is 0 Å². The Morgan fingerprint density at radius 3 is 2.25 bits per heavy atom. The van der Waals surface area contributed by atoms with E-state index < -0.39 is 17.0 Å². The molecule has 0 bridgehead atoms. The Labute approximate surface area is 120 Å². The third-order valence-electron chi connectivity index (χ3n) is 3.84. The van der Waals surface area contributed by atoms with Gasteiger partial charge in [-0.25, -0.2) is 4.79 Å². The van der Waals surface area contributed by atoms with Gasteiger partial charge in [0.2, 0.25) is 0 Å². The van der Waals surface area contributed by atoms with Gasteiger partial charge in [0.25, 0.3) is 0 Å². The first-order valence-electron chi connectivity index (χ1n) is 7.19. The maximum Gasteiger partial charge on any atom is 0.317 e. The number of aliphatic carboxylic acids is 1. The molecule has 0 unspecified atom stereocenters. The second kappa shape index (κ2) is 6.43. The summed E-state index contributed by atoms with van der Waals surface area (Å²) in [7, 11) is 0. The van der Waals surface area contributed by atoms with Crippen LogP contribution in [-0.2, 0) is 4.79 Å². The Morgan fingerprint density at radius 2 is 1.85 bits per heavy atom. The first-order valence-corrected chi connectivity index (χ1v) is 7.19. The number of carbonyl (C=O) groups excluding carboxylic acids is 1. The topological polar surface area (TPSA) is 89.9 Å². The van der Waals surface area contributed by atoms with Crippen LogP contribution in [0, 0.1) is 5.41 Å². The predicted molar refractivity (Wildman–Crippen MR) is 75.5 cm³/mol. The van der Waals surface area contributed by atoms with Gasteiger partial charge in [-0.1, -0.05) is 12.8 Å². The van der Waals surface area contributed by atoms with E-state index in [-0.39, 0.29) is 19.1 Å². The van der Waals surface area contributed by atoms with Gasteiger partial charge in [-0.05, 0) is 33.6 Å². The van der Waals surface area contributed by atoms with E-state index in [9.17, 15) is 19.8 Å². The summed E-state index contributed by atoms with van der Waals surface area (Å²) in [6.07, 6.45) is 3.01. The zero-order valence-corrected chi connectivity index (χ0v) is 12.6. The van der Waals surface area contributed by atoms with Crippen molar-refractivity contribution in [3.8, 4) is 0 Å². The van der Waals surface area contributed by atoms with Crippen LogP contribution in [-0.4, -0.2) is 52.3 Å². The molecule has 0 aliphatic heterocycles. The Kier molecular flexibility index (Phi) is 5.39. The molecule has 1 aliphatic rings. The predicted octanol–water partition coefficient (Wildman–Crippen LogP) is 1.43. The quantitative estimate of drug-likeness (QED) is 0.689. The van der Waals surface area contributed by atoms with Crippen LogP contribution in [0.2, 0.25) is 0 Å². The maximum absolute atomic E-state index is 12.1. The lowest BCUT2D eigenvalue weighted by molar-refractivity contribution is -0.148. The molecule has 1 aliphatic carbocycles. The van der Waals surface area contributed by atoms with E-state index in [4.69, 9.17) is 0 Å². The van der Waals surface area contributed by atoms with Crippen LogP contribution in [0.25, 0.3) is 0 Å². The monoisotopic (exact) mass is 286 g/mol. The molecule has 0 aromatic rings. The number of likely N-dealkylation sites (N-methyl/N-ethyl adjacent to an activating group) is 1. The molecule has 3 N–H and O–H groups in total. The molecule has 0 atom stereocenters. The van der Waals surface area contributed by atoms with Crippen molar-refractivity contribution in [2.45, 2.75) is 52.1 Å². The summed E-state index contributed by atoms with van der Waals surface area (Å²) >= 11 is 0. The fraction of sp³-hybridized carbons (Fsp3) is 0.857. The van der Waals surface area contributed by atoms with Crippen molar-refractivity contribution < 1.29 is 19.8 Å². The molecule has 6 heteroatoms. The highest BCUT2D eigenvalue weighted by atomic mass is 16.4. The number of carboxylic acid groups (broad SMARTS) is 1. The standard InChI is InChI=1S/C14H26N2O4/c1-4-16(10-13(2,3)20)12(19)15-9-14(11(17)18)7-5-6-8-14/h20H,4-10H2,1-3H3,(H,15,19)(H,17,18). The fourth-order valence-corrected chi connectivity index (χ4v) is 2.67. The van der Waals surface area contributed by atoms with Crippen molar-refractivity contribution in [2.75, 3.05) is 19.6 Å². The van der Waals surface area contributed by atoms with Crippen molar-refractivity contribution in [3.63, 3.8) is 0 Å². The highest BCUT2D eigenvalue weighted by Gasteiger charge is 2.41. The van der Waals surface area contributed by atoms with E-state index >= 15 is 0 Å². The summed E-state index contributed by atoms with van der Waals surface area (Å²) in [5.74, 6) is -0.833. The minimum atomic E-state index is -0.967. The Balaban J connectivity index is 2.58. The number of nitrogens with zero attached hydrogens (tertiary/aromatic N) is 1. The molecule has 1 fully saturated rings. The van der Waals surface area contributed by atoms with Crippen molar-refractivity contribution in [2.24, 2.45) is 5.41 Å². The van der Waals surface area contributed by atoms with Crippen molar-refractivity contribution in [1.82, 2.24) is 10.2 Å². The van der Waals surface area contributed by atoms with Gasteiger partial charge in [0, 0.05) is 13.1 Å². The normalized spacial score (nSPS) is 17.8. The summed E-state index contributed by atoms with van der Waals surface area (Å²) in [4.78, 5) is 25.0. The lowest BCUT2D eigenvalue weighted by atomic mass is 9.86. The third-order valence-corrected chi connectivity index (χ3v) is 3.84. The van der Waals surface area contributed by atoms with E-state index in [1.165, 1.54) is 4.90 Å². The zero-order valence-electron chi connectivity index (χ0n) is 12.6. The molecular weight excluding hydrogens is 260 g/mol. The maximum atomic E-state index is 12.1. The molecule has 1 rings (SSSR count). The Bertz CT molecular complexity index is 357. The minimum Gasteiger partial charge on any atom is -0.481 e. The SMILES string of the molecule is CCN(CC(C)(C)O)C(=O)NCC1(C(=O)O)CCCC1. The van der Waals surface area contributed by atoms with Crippen LogP contribution in [0.4, 0.5) is 4.79 Å². The number of rotatable bonds is 6. The van der Waals surface area contributed by atoms with E-state index in [0.717, 1.165) is 12.8 Å². The Hall–Kier alpha value is -1.30. The largest absolute Gasteiger partial charge is 0.481 e. The summed E-state index contributed by atoms with van der Waals surface area (Å²) in [6, 6.07) is -0.317. The van der Waals surface area contributed by atoms with Gasteiger partial charge >= 0.3 is 12.0 Å². The average Bonchev–Trinajstić information content (AvgIpc) is 2.82. The fourth-order valence-electron chi connectivity index (χ4n) is 2.67. The van der Waals surface area contributed by atoms with Crippen LogP contribution in [0.1, 0.15) is 46.5 Å². The van der Waals surface area contributed by atoms with Gasteiger partial charge in [-0.15, -0.1) is 0 Å². The number of nitrogens with one attached hydrogen (secondary N) is 1. The highest BCUT2D eigenvalue weighted by Crippen LogP contribution is 2.37. The van der Waals surface area contributed by atoms with Crippen molar-refractivity contribution >= 4 is 12.0 Å². The number of carbonyl (C=O) groups is 2. The summed E-state index contributed by atoms with van der Waals surface area (Å²) < 4.78 is 0. The lowest BCUT2D eigenvalue weighted by Crippen LogP contribution is -2.50. The molecule has 6 nitrogen and oxygen atoms in total. The van der Waals surface area contributed by atoms with Gasteiger partial charge in [-0.3, -0.25) is 4.79 Å². The minimum absolute atomic E-state index is 0.156. The summed E-state index contributed by atoms with van der Waals surface area (Å²) in [5, 5.41) is 21.8. The van der Waals surface area contributed by atoms with E-state index in [1.807, 2.05) is 6.92 Å². The summed E-state index contributed by atoms with van der Waals surface area (Å²) in [5.41, 5.74) is -1.78. The van der Waals surface area contributed by atoms with Crippen LogP contribution >= 0.6 is 0 Å². The van der Waals surface area contributed by atoms with Crippen LogP contribution in [0.15, 0.2) is 0 Å². The number of hydrogen-bond acceptors (Lipinski definition) is 3. The number of hydrogen-bond donors (Lipinski definition) is 3. The number of aliphatic hydroxyl groups is 1. The first kappa shape index (κ1) is 16.8. The van der Waals surface area contributed by atoms with E-state index in [0.29, 0.717) is 19.4 Å². The second-order valence-electron chi connectivity index (χ2n) is 6.28. The third kappa shape index (κ3) is 4.37. The van der Waals surface area contributed by atoms with Gasteiger partial charge in [0.1, 0.15) is 0 Å². The molecule has 2 amide bonds. The second-order valence-corrected chi connectivity index (χ2v) is 6.28. The van der Waals surface area contributed by atoms with E-state index in [2.05, 4.69) is 5.32 Å². The first-order chi connectivity index (χ1) is 9.20. The average molecular weight is 286 g/mol. The summed E-state index contributed by atoms with van der Waals surface area (Å²) in [6.45, 7) is 5.94. The number of carboxylic acids is 1. The molecule has 0 saturated heterocycles. The van der Waals surface area contributed by atoms with Crippen molar-refractivity contribution in [3.05, 3.63) is 0 Å². The number of amides is 2. The molecular formula is C14H26N2O4. The number of urea groups is 1. The van der Waals surface area contributed by atoms with Gasteiger partial charge < -0.3 is 20.4 Å². The van der Waals surface area contributed by atoms with Gasteiger partial charge in [-0.2, -0.15) is 0 Å². The van der Waals surface area contributed by atoms with Crippen LogP contribution < -0.4 is 5.32 Å². The molecule has 0 heterocycles. The molecule has 1 saturated carbocycles. The smallest absolute Gasteiger partial charge is 0.317 e. The Morgan fingerprint density at radius 1 is 1.30 bits per heavy atom. The molecule has 116 valence electrons. The molecule has 0 aromatic heterocycles. The molecule has 0 aromatic carbocycles. The van der Waals surface area contributed by atoms with Gasteiger partial charge in [0.05, 0.1) is 17.6 Å². The molecule has 0 spiro atoms. The molecule has 0 radical (unpaired) electrons. The highest BCUT2D eigenvalue weighted by molar-refractivity contribution is 5.78. The lowest BCUT2D eigenvalue weighted by Gasteiger charge is -2.30. The van der Waals surface area contributed by atoms with Crippen LogP contribution in [0.3, 0.4) is 0 Å². The van der Waals surface area contributed by atoms with E-state index in [1.54, 1.807) is 13.8 Å².